The molecular weight excluding hydrogens is 164 g/mol. The number of aromatic nitrogens is 2. The second-order valence-electron chi connectivity index (χ2n) is 2.12. The van der Waals surface area contributed by atoms with Gasteiger partial charge in [0.05, 0.1) is 16.8 Å². The van der Waals surface area contributed by atoms with Crippen molar-refractivity contribution in [1.29, 1.82) is 0 Å². The van der Waals surface area contributed by atoms with Crippen LogP contribution in [0.4, 0.5) is 0 Å². The van der Waals surface area contributed by atoms with Crippen LogP contribution in [0.5, 0.6) is 0 Å². The molecule has 0 fully saturated rings. The van der Waals surface area contributed by atoms with Gasteiger partial charge < -0.3 is 0 Å². The average molecular weight is 170 g/mol. The Balaban J connectivity index is 2.95. The molecule has 0 bridgehead atoms. The molecule has 0 N–H and O–H groups in total. The van der Waals surface area contributed by atoms with Gasteiger partial charge in [-0.15, -0.1) is 24.0 Å². The van der Waals surface area contributed by atoms with Crippen LogP contribution < -0.4 is 0 Å². The summed E-state index contributed by atoms with van der Waals surface area (Å²) >= 11 is 5.91. The Morgan fingerprint density at radius 2 is 2.50 bits per heavy atom. The van der Waals surface area contributed by atoms with Gasteiger partial charge >= 0.3 is 0 Å². The molecule has 10 heavy (non-hydrogen) atoms. The zero-order valence-corrected chi connectivity index (χ0v) is 7.12. The average Bonchev–Trinajstić information content (AvgIpc) is 2.41. The maximum Gasteiger partial charge on any atom is 0.132 e. The standard InChI is InChI=1S/C6H6N2S2/c1-4-3-10-6-5(9)2-7-8(4)6/h2-3,9H,1H3. The third-order valence-corrected chi connectivity index (χ3v) is 2.94. The molecule has 0 aliphatic carbocycles. The monoisotopic (exact) mass is 170 g/mol. The fourth-order valence-electron chi connectivity index (χ4n) is 0.881. The van der Waals surface area contributed by atoms with E-state index in [4.69, 9.17) is 0 Å². The molecule has 0 aliphatic heterocycles. The van der Waals surface area contributed by atoms with Crippen molar-refractivity contribution in [3.63, 3.8) is 0 Å². The van der Waals surface area contributed by atoms with Gasteiger partial charge in [0.2, 0.25) is 0 Å². The Morgan fingerprint density at radius 3 is 3.20 bits per heavy atom. The largest absolute Gasteiger partial charge is 0.226 e. The summed E-state index contributed by atoms with van der Waals surface area (Å²) in [7, 11) is 0. The number of rotatable bonds is 0. The molecule has 4 heteroatoms. The zero-order valence-electron chi connectivity index (χ0n) is 5.40. The predicted octanol–water partition coefficient (Wildman–Crippen LogP) is 1.99. The van der Waals surface area contributed by atoms with Gasteiger partial charge in [0.15, 0.2) is 0 Å². The summed E-state index contributed by atoms with van der Waals surface area (Å²) in [5, 5.41) is 6.20. The summed E-state index contributed by atoms with van der Waals surface area (Å²) < 4.78 is 1.90. The first-order valence-corrected chi connectivity index (χ1v) is 4.22. The first-order valence-electron chi connectivity index (χ1n) is 2.90. The van der Waals surface area contributed by atoms with Crippen LogP contribution in [0.3, 0.4) is 0 Å². The van der Waals surface area contributed by atoms with Crippen molar-refractivity contribution < 1.29 is 0 Å². The highest BCUT2D eigenvalue weighted by Gasteiger charge is 2.02. The van der Waals surface area contributed by atoms with E-state index < -0.39 is 0 Å². The second-order valence-corrected chi connectivity index (χ2v) is 3.46. The lowest BCUT2D eigenvalue weighted by Crippen LogP contribution is -1.83. The van der Waals surface area contributed by atoms with E-state index in [1.54, 1.807) is 17.5 Å². The molecule has 0 saturated heterocycles. The zero-order chi connectivity index (χ0) is 7.14. The number of aryl methyl sites for hydroxylation is 1. The van der Waals surface area contributed by atoms with Gasteiger partial charge in [0, 0.05) is 5.38 Å². The van der Waals surface area contributed by atoms with Gasteiger partial charge in [-0.05, 0) is 6.92 Å². The van der Waals surface area contributed by atoms with E-state index in [0.717, 1.165) is 9.73 Å². The number of hydrogen-bond acceptors (Lipinski definition) is 3. The van der Waals surface area contributed by atoms with Gasteiger partial charge in [0.1, 0.15) is 4.83 Å². The molecule has 52 valence electrons. The Hall–Kier alpha value is -0.480. The highest BCUT2D eigenvalue weighted by Crippen LogP contribution is 2.21. The highest BCUT2D eigenvalue weighted by molar-refractivity contribution is 7.80. The van der Waals surface area contributed by atoms with Gasteiger partial charge in [0.25, 0.3) is 0 Å². The van der Waals surface area contributed by atoms with E-state index in [1.807, 2.05) is 11.4 Å². The van der Waals surface area contributed by atoms with Crippen molar-refractivity contribution in [2.24, 2.45) is 0 Å². The predicted molar refractivity (Wildman–Crippen MR) is 45.1 cm³/mol. The van der Waals surface area contributed by atoms with E-state index in [0.29, 0.717) is 0 Å². The SMILES string of the molecule is Cc1csc2c(S)cnn12. The van der Waals surface area contributed by atoms with Crippen LogP contribution >= 0.6 is 24.0 Å². The molecule has 0 aliphatic rings. The van der Waals surface area contributed by atoms with Crippen molar-refractivity contribution in [2.75, 3.05) is 0 Å². The molecule has 2 aromatic rings. The normalized spacial score (nSPS) is 11.0. The maximum atomic E-state index is 4.24. The minimum Gasteiger partial charge on any atom is -0.226 e. The molecule has 0 radical (unpaired) electrons. The third-order valence-electron chi connectivity index (χ3n) is 1.38. The van der Waals surface area contributed by atoms with Crippen LogP contribution in [-0.4, -0.2) is 9.61 Å². The number of thiol groups is 1. The van der Waals surface area contributed by atoms with E-state index in [2.05, 4.69) is 23.1 Å². The van der Waals surface area contributed by atoms with E-state index in [-0.39, 0.29) is 0 Å². The fourth-order valence-corrected chi connectivity index (χ4v) is 2.03. The Bertz CT molecular complexity index is 325. The minimum atomic E-state index is 0.957. The van der Waals surface area contributed by atoms with Gasteiger partial charge in [-0.25, -0.2) is 4.52 Å². The van der Waals surface area contributed by atoms with Crippen LogP contribution in [0.15, 0.2) is 16.5 Å². The quantitative estimate of drug-likeness (QED) is 0.598. The summed E-state index contributed by atoms with van der Waals surface area (Å²) in [5.41, 5.74) is 1.17. The molecule has 0 atom stereocenters. The van der Waals surface area contributed by atoms with Crippen molar-refractivity contribution in [2.45, 2.75) is 11.8 Å². The molecule has 2 nitrogen and oxygen atoms in total. The van der Waals surface area contributed by atoms with Crippen LogP contribution in [0.25, 0.3) is 4.83 Å². The van der Waals surface area contributed by atoms with Crippen molar-refractivity contribution in [3.05, 3.63) is 17.3 Å². The van der Waals surface area contributed by atoms with Crippen molar-refractivity contribution in [3.8, 4) is 0 Å². The Kier molecular flexibility index (Phi) is 1.25. The fraction of sp³-hybridized carbons (Fsp3) is 0.167. The number of fused-ring (bicyclic) bond motifs is 1. The molecule has 0 aromatic carbocycles. The van der Waals surface area contributed by atoms with Crippen LogP contribution in [0.2, 0.25) is 0 Å². The first-order chi connectivity index (χ1) is 4.79. The number of nitrogens with zero attached hydrogens (tertiary/aromatic N) is 2. The summed E-state index contributed by atoms with van der Waals surface area (Å²) in [4.78, 5) is 2.08. The molecule has 0 saturated carbocycles. The van der Waals surface area contributed by atoms with Gasteiger partial charge in [-0.3, -0.25) is 0 Å². The van der Waals surface area contributed by atoms with Crippen molar-refractivity contribution in [1.82, 2.24) is 9.61 Å². The smallest absolute Gasteiger partial charge is 0.132 e. The molecule has 0 spiro atoms. The highest BCUT2D eigenvalue weighted by atomic mass is 32.1. The maximum absolute atomic E-state index is 4.24. The van der Waals surface area contributed by atoms with Gasteiger partial charge in [-0.2, -0.15) is 5.10 Å². The summed E-state index contributed by atoms with van der Waals surface area (Å²) in [5.74, 6) is 0. The molecular formula is C6H6N2S2. The lowest BCUT2D eigenvalue weighted by atomic mass is 10.6. The lowest BCUT2D eigenvalue weighted by molar-refractivity contribution is 0.932. The van der Waals surface area contributed by atoms with Crippen LogP contribution in [-0.2, 0) is 0 Å². The lowest BCUT2D eigenvalue weighted by Gasteiger charge is -1.82. The molecule has 2 rings (SSSR count). The summed E-state index contributed by atoms with van der Waals surface area (Å²) in [6.45, 7) is 2.03. The van der Waals surface area contributed by atoms with E-state index in [9.17, 15) is 0 Å². The topological polar surface area (TPSA) is 17.3 Å². The third kappa shape index (κ3) is 0.690. The molecule has 2 aromatic heterocycles. The van der Waals surface area contributed by atoms with Crippen molar-refractivity contribution >= 4 is 28.8 Å². The minimum absolute atomic E-state index is 0.957. The summed E-state index contributed by atoms with van der Waals surface area (Å²) in [6, 6.07) is 0. The van der Waals surface area contributed by atoms with E-state index in [1.165, 1.54) is 5.69 Å². The molecule has 0 amide bonds. The Labute approximate surface area is 67.9 Å². The second kappa shape index (κ2) is 2.00. The number of hydrogen-bond donors (Lipinski definition) is 1. The first kappa shape index (κ1) is 6.24. The molecule has 2 heterocycles. The Morgan fingerprint density at radius 1 is 1.70 bits per heavy atom. The summed E-state index contributed by atoms with van der Waals surface area (Å²) in [6.07, 6.45) is 1.77. The van der Waals surface area contributed by atoms with Gasteiger partial charge in [-0.1, -0.05) is 0 Å². The molecule has 0 unspecified atom stereocenters. The number of thiazole rings is 1. The van der Waals surface area contributed by atoms with Crippen LogP contribution in [0.1, 0.15) is 5.69 Å². The van der Waals surface area contributed by atoms with E-state index >= 15 is 0 Å². The van der Waals surface area contributed by atoms with Crippen LogP contribution in [0, 0.1) is 6.92 Å².